The molecule has 9 heteroatoms. The highest BCUT2D eigenvalue weighted by Crippen LogP contribution is 2.49. The molecule has 40 heavy (non-hydrogen) atoms. The lowest BCUT2D eigenvalue weighted by atomic mass is 9.66. The van der Waals surface area contributed by atoms with E-state index < -0.39 is 18.5 Å². The van der Waals surface area contributed by atoms with Gasteiger partial charge >= 0.3 is 12.1 Å². The average molecular weight is 589 g/mol. The number of hydrogen-bond donors (Lipinski definition) is 2. The predicted molar refractivity (Wildman–Crippen MR) is 151 cm³/mol. The summed E-state index contributed by atoms with van der Waals surface area (Å²) in [7, 11) is 0. The van der Waals surface area contributed by atoms with Crippen LogP contribution in [0.5, 0.6) is 11.5 Å². The van der Waals surface area contributed by atoms with Gasteiger partial charge < -0.3 is 14.9 Å². The van der Waals surface area contributed by atoms with E-state index >= 15 is 0 Å². The second-order valence-electron chi connectivity index (χ2n) is 11.0. The summed E-state index contributed by atoms with van der Waals surface area (Å²) in [6.45, 7) is 2.74. The fourth-order valence-corrected chi connectivity index (χ4v) is 6.39. The molecule has 3 nitrogen and oxygen atoms in total. The number of thioether (sulfide) groups is 1. The summed E-state index contributed by atoms with van der Waals surface area (Å²) in [6, 6.07) is 13.4. The highest BCUT2D eigenvalue weighted by molar-refractivity contribution is 7.99. The minimum atomic E-state index is -5.45. The second kappa shape index (κ2) is 14.8. The van der Waals surface area contributed by atoms with Gasteiger partial charge in [0.2, 0.25) is 0 Å². The van der Waals surface area contributed by atoms with Crippen LogP contribution in [0.1, 0.15) is 93.7 Å². The molecule has 2 aromatic rings. The molecule has 0 bridgehead atoms. The molecule has 0 saturated heterocycles. The van der Waals surface area contributed by atoms with Crippen molar-refractivity contribution >= 4 is 11.8 Å². The van der Waals surface area contributed by atoms with Gasteiger partial charge in [-0.2, -0.15) is 33.7 Å². The molecule has 0 amide bonds. The first-order valence-corrected chi connectivity index (χ1v) is 15.3. The van der Waals surface area contributed by atoms with E-state index in [4.69, 9.17) is 4.74 Å². The van der Waals surface area contributed by atoms with Crippen molar-refractivity contribution in [2.45, 2.75) is 101 Å². The molecule has 0 spiro atoms. The van der Waals surface area contributed by atoms with Crippen molar-refractivity contribution in [3.8, 4) is 11.5 Å². The lowest BCUT2D eigenvalue weighted by Crippen LogP contribution is -2.40. The van der Waals surface area contributed by atoms with E-state index in [-0.39, 0.29) is 30.1 Å². The summed E-state index contributed by atoms with van der Waals surface area (Å²) < 4.78 is 68.5. The molecule has 1 heterocycles. The Kier molecular flexibility index (Phi) is 12.0. The van der Waals surface area contributed by atoms with E-state index in [2.05, 4.69) is 19.1 Å². The van der Waals surface area contributed by atoms with Crippen molar-refractivity contribution in [2.24, 2.45) is 0 Å². The number of aliphatic hydroxyl groups is 1. The predicted octanol–water partition coefficient (Wildman–Crippen LogP) is 9.15. The molecular formula is C31H41F5O3S. The molecular weight excluding hydrogens is 547 g/mol. The molecule has 0 aromatic heterocycles. The SMILES string of the molecule is CC1(c2ccc(CO)cc2)COc2cc(O)ccc2C1CCCCCCCCCSCCCC(F)(F)C(F)(F)F. The third-order valence-corrected chi connectivity index (χ3v) is 9.10. The molecule has 0 aliphatic carbocycles. The molecule has 2 aromatic carbocycles. The number of rotatable bonds is 16. The van der Waals surface area contributed by atoms with E-state index in [1.165, 1.54) is 17.3 Å². The number of halogens is 5. The number of benzene rings is 2. The molecule has 0 saturated carbocycles. The van der Waals surface area contributed by atoms with Crippen LogP contribution >= 0.6 is 11.8 Å². The Morgan fingerprint density at radius 2 is 1.50 bits per heavy atom. The molecule has 3 rings (SSSR count). The topological polar surface area (TPSA) is 49.7 Å². The van der Waals surface area contributed by atoms with Gasteiger partial charge in [0, 0.05) is 23.8 Å². The number of hydrogen-bond acceptors (Lipinski definition) is 4. The third-order valence-electron chi connectivity index (χ3n) is 7.94. The minimum Gasteiger partial charge on any atom is -0.508 e. The summed E-state index contributed by atoms with van der Waals surface area (Å²) in [4.78, 5) is 0. The summed E-state index contributed by atoms with van der Waals surface area (Å²) in [5.74, 6) is -2.32. The van der Waals surface area contributed by atoms with Crippen LogP contribution in [0.3, 0.4) is 0 Å². The number of ether oxygens (including phenoxy) is 1. The highest BCUT2D eigenvalue weighted by Gasteiger charge is 2.56. The van der Waals surface area contributed by atoms with Crippen molar-refractivity contribution in [1.82, 2.24) is 0 Å². The number of alkyl halides is 5. The van der Waals surface area contributed by atoms with Crippen LogP contribution in [0.2, 0.25) is 0 Å². The zero-order valence-electron chi connectivity index (χ0n) is 23.1. The van der Waals surface area contributed by atoms with Crippen molar-refractivity contribution in [3.63, 3.8) is 0 Å². The monoisotopic (exact) mass is 588 g/mol. The van der Waals surface area contributed by atoms with Crippen molar-refractivity contribution in [1.29, 1.82) is 0 Å². The first kappa shape index (κ1) is 32.5. The minimum absolute atomic E-state index is 0.00469. The van der Waals surface area contributed by atoms with Gasteiger partial charge in [-0.25, -0.2) is 0 Å². The van der Waals surface area contributed by atoms with Gasteiger partial charge in [-0.1, -0.05) is 75.8 Å². The van der Waals surface area contributed by atoms with Gasteiger partial charge in [0.15, 0.2) is 0 Å². The van der Waals surface area contributed by atoms with Gasteiger partial charge in [0.25, 0.3) is 0 Å². The van der Waals surface area contributed by atoms with Crippen LogP contribution in [0, 0.1) is 0 Å². The number of phenols is 1. The summed E-state index contributed by atoms with van der Waals surface area (Å²) in [5.41, 5.74) is 2.91. The molecule has 0 radical (unpaired) electrons. The molecule has 1 aliphatic heterocycles. The molecule has 224 valence electrons. The van der Waals surface area contributed by atoms with Crippen LogP contribution in [0.15, 0.2) is 42.5 Å². The van der Waals surface area contributed by atoms with Gasteiger partial charge in [0.05, 0.1) is 13.2 Å². The molecule has 2 unspecified atom stereocenters. The number of fused-ring (bicyclic) bond motifs is 1. The van der Waals surface area contributed by atoms with Gasteiger partial charge in [-0.3, -0.25) is 0 Å². The molecule has 1 aliphatic rings. The lowest BCUT2D eigenvalue weighted by Gasteiger charge is -2.43. The van der Waals surface area contributed by atoms with Crippen LogP contribution in [-0.2, 0) is 12.0 Å². The molecule has 2 N–H and O–H groups in total. The van der Waals surface area contributed by atoms with Crippen LogP contribution < -0.4 is 4.74 Å². The first-order chi connectivity index (χ1) is 19.0. The number of aliphatic hydroxyl groups excluding tert-OH is 1. The number of phenolic OH excluding ortho intramolecular Hbond substituents is 1. The molecule has 0 fully saturated rings. The van der Waals surface area contributed by atoms with Crippen molar-refractivity contribution < 1.29 is 36.9 Å². The number of unbranched alkanes of at least 4 members (excludes halogenated alkanes) is 6. The first-order valence-electron chi connectivity index (χ1n) is 14.2. The zero-order chi connectivity index (χ0) is 29.2. The van der Waals surface area contributed by atoms with E-state index in [1.807, 2.05) is 18.2 Å². The van der Waals surface area contributed by atoms with E-state index in [9.17, 15) is 32.2 Å². The third kappa shape index (κ3) is 8.75. The van der Waals surface area contributed by atoms with Crippen molar-refractivity contribution in [3.05, 3.63) is 59.2 Å². The normalized spacial score (nSPS) is 19.3. The fourth-order valence-electron chi connectivity index (χ4n) is 5.43. The quantitative estimate of drug-likeness (QED) is 0.152. The van der Waals surface area contributed by atoms with Gasteiger partial charge in [-0.05, 0) is 53.5 Å². The Morgan fingerprint density at radius 3 is 2.15 bits per heavy atom. The lowest BCUT2D eigenvalue weighted by molar-refractivity contribution is -0.284. The zero-order valence-corrected chi connectivity index (χ0v) is 23.9. The maximum Gasteiger partial charge on any atom is 0.453 e. The Bertz CT molecular complexity index is 1040. The second-order valence-corrected chi connectivity index (χ2v) is 12.2. The molecule has 2 atom stereocenters. The Labute approximate surface area is 238 Å². The summed E-state index contributed by atoms with van der Waals surface area (Å²) in [6.07, 6.45) is 1.72. The largest absolute Gasteiger partial charge is 0.508 e. The van der Waals surface area contributed by atoms with Crippen molar-refractivity contribution in [2.75, 3.05) is 18.1 Å². The summed E-state index contributed by atoms with van der Waals surface area (Å²) >= 11 is 1.45. The fraction of sp³-hybridized carbons (Fsp3) is 0.613. The van der Waals surface area contributed by atoms with Crippen LogP contribution in [0.4, 0.5) is 22.0 Å². The van der Waals surface area contributed by atoms with Gasteiger partial charge in [-0.15, -0.1) is 0 Å². The van der Waals surface area contributed by atoms with Crippen LogP contribution in [-0.4, -0.2) is 40.4 Å². The highest BCUT2D eigenvalue weighted by atomic mass is 32.2. The maximum absolute atomic E-state index is 12.9. The Hall–Kier alpha value is -2.00. The Balaban J connectivity index is 1.37. The Morgan fingerprint density at radius 1 is 0.875 bits per heavy atom. The number of aromatic hydroxyl groups is 1. The van der Waals surface area contributed by atoms with E-state index in [0.29, 0.717) is 12.4 Å². The standard InChI is InChI=1S/C31H41F5O3S/c1-29(24-13-11-23(21-37)12-14-24)22-39-28-20-25(38)15-16-26(28)27(29)10-7-5-3-2-4-6-8-18-40-19-9-17-30(32,33)31(34,35)36/h11-16,20,27,37-38H,2-10,17-19,21-22H2,1H3. The maximum atomic E-state index is 12.9. The van der Waals surface area contributed by atoms with Gasteiger partial charge in [0.1, 0.15) is 11.5 Å². The van der Waals surface area contributed by atoms with E-state index in [1.54, 1.807) is 12.1 Å². The summed E-state index contributed by atoms with van der Waals surface area (Å²) in [5, 5.41) is 19.4. The van der Waals surface area contributed by atoms with E-state index in [0.717, 1.165) is 74.0 Å². The van der Waals surface area contributed by atoms with Crippen LogP contribution in [0.25, 0.3) is 0 Å². The smallest absolute Gasteiger partial charge is 0.453 e. The average Bonchev–Trinajstić information content (AvgIpc) is 2.91.